The zero-order chi connectivity index (χ0) is 21.4. The lowest BCUT2D eigenvalue weighted by Gasteiger charge is -2.13. The summed E-state index contributed by atoms with van der Waals surface area (Å²) in [5.74, 6) is -0.753. The zero-order valence-electron chi connectivity index (χ0n) is 16.8. The molecule has 2 aromatic rings. The van der Waals surface area contributed by atoms with Gasteiger partial charge in [-0.2, -0.15) is 0 Å². The molecule has 0 spiro atoms. The Morgan fingerprint density at radius 2 is 1.90 bits per heavy atom. The summed E-state index contributed by atoms with van der Waals surface area (Å²) in [6.07, 6.45) is 2.72. The van der Waals surface area contributed by atoms with Crippen molar-refractivity contribution < 1.29 is 28.2 Å². The summed E-state index contributed by atoms with van der Waals surface area (Å²) in [5.41, 5.74) is 1.46. The third-order valence-electron chi connectivity index (χ3n) is 3.71. The van der Waals surface area contributed by atoms with Crippen LogP contribution in [-0.4, -0.2) is 31.7 Å². The molecular formula is C22H24FNO5. The van der Waals surface area contributed by atoms with E-state index >= 15 is 0 Å². The van der Waals surface area contributed by atoms with Crippen molar-refractivity contribution in [3.8, 4) is 11.5 Å². The van der Waals surface area contributed by atoms with Crippen molar-refractivity contribution in [2.45, 2.75) is 26.9 Å². The highest BCUT2D eigenvalue weighted by atomic mass is 19.1. The number of hydrogen-bond donors (Lipinski definition) is 1. The third-order valence-corrected chi connectivity index (χ3v) is 3.71. The average molecular weight is 401 g/mol. The van der Waals surface area contributed by atoms with Crippen LogP contribution in [0.4, 0.5) is 10.1 Å². The maximum atomic E-state index is 13.7. The van der Waals surface area contributed by atoms with Gasteiger partial charge in [-0.3, -0.25) is 4.79 Å². The molecular weight excluding hydrogens is 377 g/mol. The normalized spacial score (nSPS) is 10.8. The van der Waals surface area contributed by atoms with Gasteiger partial charge in [0.1, 0.15) is 5.82 Å². The highest BCUT2D eigenvalue weighted by molar-refractivity contribution is 5.94. The Balaban J connectivity index is 1.89. The van der Waals surface area contributed by atoms with Gasteiger partial charge >= 0.3 is 5.97 Å². The first kappa shape index (κ1) is 21.9. The van der Waals surface area contributed by atoms with Gasteiger partial charge in [0.2, 0.25) is 0 Å². The number of benzene rings is 2. The van der Waals surface area contributed by atoms with Crippen molar-refractivity contribution in [3.05, 3.63) is 59.4 Å². The summed E-state index contributed by atoms with van der Waals surface area (Å²) in [5, 5.41) is 2.36. The summed E-state index contributed by atoms with van der Waals surface area (Å²) in [6.45, 7) is 5.03. The molecule has 0 aromatic heterocycles. The number of halogens is 1. The number of carbonyl (C=O) groups excluding carboxylic acids is 2. The van der Waals surface area contributed by atoms with Crippen LogP contribution < -0.4 is 14.8 Å². The zero-order valence-corrected chi connectivity index (χ0v) is 16.8. The quantitative estimate of drug-likeness (QED) is 0.532. The fourth-order valence-corrected chi connectivity index (χ4v) is 2.40. The summed E-state index contributed by atoms with van der Waals surface area (Å²) in [6, 6.07) is 9.64. The summed E-state index contributed by atoms with van der Waals surface area (Å²) >= 11 is 0. The summed E-state index contributed by atoms with van der Waals surface area (Å²) in [4.78, 5) is 23.7. The molecule has 2 rings (SSSR count). The first-order valence-electron chi connectivity index (χ1n) is 9.04. The minimum atomic E-state index is -0.703. The topological polar surface area (TPSA) is 73.9 Å². The molecule has 29 heavy (non-hydrogen) atoms. The summed E-state index contributed by atoms with van der Waals surface area (Å²) < 4.78 is 29.5. The Labute approximate surface area is 169 Å². The second-order valence-corrected chi connectivity index (χ2v) is 6.55. The molecule has 0 fully saturated rings. The molecule has 0 radical (unpaired) electrons. The molecule has 154 valence electrons. The molecule has 6 nitrogen and oxygen atoms in total. The number of amides is 1. The van der Waals surface area contributed by atoms with Crippen molar-refractivity contribution >= 4 is 23.6 Å². The lowest BCUT2D eigenvalue weighted by molar-refractivity contribution is -0.142. The minimum absolute atomic E-state index is 0.000184. The van der Waals surface area contributed by atoms with Gasteiger partial charge < -0.3 is 19.5 Å². The first-order chi connectivity index (χ1) is 13.8. The van der Waals surface area contributed by atoms with Crippen molar-refractivity contribution in [3.63, 3.8) is 0 Å². The molecule has 0 atom stereocenters. The van der Waals surface area contributed by atoms with Crippen LogP contribution in [0, 0.1) is 12.7 Å². The van der Waals surface area contributed by atoms with Crippen molar-refractivity contribution in [2.75, 3.05) is 19.0 Å². The second-order valence-electron chi connectivity index (χ2n) is 6.55. The number of esters is 1. The van der Waals surface area contributed by atoms with Crippen molar-refractivity contribution in [1.29, 1.82) is 0 Å². The van der Waals surface area contributed by atoms with E-state index in [9.17, 15) is 14.0 Å². The van der Waals surface area contributed by atoms with E-state index in [2.05, 4.69) is 5.32 Å². The molecule has 0 saturated carbocycles. The average Bonchev–Trinajstić information content (AvgIpc) is 2.67. The van der Waals surface area contributed by atoms with Crippen LogP contribution in [0.1, 0.15) is 25.0 Å². The predicted octanol–water partition coefficient (Wildman–Crippen LogP) is 4.13. The molecule has 0 unspecified atom stereocenters. The van der Waals surface area contributed by atoms with Gasteiger partial charge in [0, 0.05) is 6.08 Å². The van der Waals surface area contributed by atoms with E-state index in [-0.39, 0.29) is 11.8 Å². The van der Waals surface area contributed by atoms with E-state index < -0.39 is 24.3 Å². The Kier molecular flexibility index (Phi) is 7.77. The Morgan fingerprint density at radius 3 is 2.55 bits per heavy atom. The van der Waals surface area contributed by atoms with Crippen LogP contribution in [-0.2, 0) is 14.3 Å². The molecule has 0 aliphatic carbocycles. The lowest BCUT2D eigenvalue weighted by atomic mass is 10.2. The molecule has 0 saturated heterocycles. The Morgan fingerprint density at radius 1 is 1.14 bits per heavy atom. The molecule has 0 aliphatic rings. The maximum absolute atomic E-state index is 13.7. The Hall–Kier alpha value is -3.35. The van der Waals surface area contributed by atoms with E-state index in [1.807, 2.05) is 13.8 Å². The molecule has 2 aromatic carbocycles. The van der Waals surface area contributed by atoms with Crippen LogP contribution in [0.3, 0.4) is 0 Å². The third kappa shape index (κ3) is 6.95. The minimum Gasteiger partial charge on any atom is -0.493 e. The van der Waals surface area contributed by atoms with Crippen LogP contribution in [0.15, 0.2) is 42.5 Å². The van der Waals surface area contributed by atoms with Gasteiger partial charge in [0.05, 0.1) is 18.9 Å². The molecule has 1 amide bonds. The molecule has 0 heterocycles. The second kappa shape index (κ2) is 10.3. The number of methoxy groups -OCH3 is 1. The molecule has 1 N–H and O–H groups in total. The number of anilines is 1. The van der Waals surface area contributed by atoms with Crippen LogP contribution in [0.2, 0.25) is 0 Å². The van der Waals surface area contributed by atoms with Gasteiger partial charge in [-0.25, -0.2) is 9.18 Å². The monoisotopic (exact) mass is 401 g/mol. The van der Waals surface area contributed by atoms with E-state index in [0.29, 0.717) is 17.1 Å². The number of nitrogens with one attached hydrogen (secondary N) is 1. The van der Waals surface area contributed by atoms with Gasteiger partial charge in [-0.05, 0) is 62.2 Å². The van der Waals surface area contributed by atoms with Crippen LogP contribution in [0.25, 0.3) is 6.08 Å². The van der Waals surface area contributed by atoms with E-state index in [1.54, 1.807) is 31.2 Å². The van der Waals surface area contributed by atoms with E-state index in [1.165, 1.54) is 31.4 Å². The fraction of sp³-hybridized carbons (Fsp3) is 0.273. The number of rotatable bonds is 8. The summed E-state index contributed by atoms with van der Waals surface area (Å²) in [7, 11) is 1.53. The number of carbonyl (C=O) groups is 2. The number of ether oxygens (including phenoxy) is 3. The van der Waals surface area contributed by atoms with Gasteiger partial charge in [0.25, 0.3) is 5.91 Å². The van der Waals surface area contributed by atoms with E-state index in [0.717, 1.165) is 5.56 Å². The lowest BCUT2D eigenvalue weighted by Crippen LogP contribution is -2.20. The van der Waals surface area contributed by atoms with Gasteiger partial charge in [-0.1, -0.05) is 12.1 Å². The Bertz CT molecular complexity index is 908. The van der Waals surface area contributed by atoms with Crippen LogP contribution >= 0.6 is 0 Å². The molecule has 0 aliphatic heterocycles. The first-order valence-corrected chi connectivity index (χ1v) is 9.04. The molecule has 7 heteroatoms. The number of aryl methyl sites for hydroxylation is 1. The highest BCUT2D eigenvalue weighted by Gasteiger charge is 2.10. The largest absolute Gasteiger partial charge is 0.493 e. The smallest absolute Gasteiger partial charge is 0.331 e. The SMILES string of the molecule is COc1cc(/C=C/C(=O)OCC(=O)Nc2ccc(C)cc2F)ccc1OC(C)C. The standard InChI is InChI=1S/C22H24FNO5/c1-14(2)29-19-9-6-16(12-20(19)27-4)7-10-22(26)28-13-21(25)24-18-8-5-15(3)11-17(18)23/h5-12,14H,13H2,1-4H3,(H,24,25)/b10-7+. The van der Waals surface area contributed by atoms with E-state index in [4.69, 9.17) is 14.2 Å². The van der Waals surface area contributed by atoms with Crippen molar-refractivity contribution in [1.82, 2.24) is 0 Å². The number of hydrogen-bond acceptors (Lipinski definition) is 5. The fourth-order valence-electron chi connectivity index (χ4n) is 2.40. The van der Waals surface area contributed by atoms with Crippen LogP contribution in [0.5, 0.6) is 11.5 Å². The maximum Gasteiger partial charge on any atom is 0.331 e. The van der Waals surface area contributed by atoms with Gasteiger partial charge in [0.15, 0.2) is 18.1 Å². The highest BCUT2D eigenvalue weighted by Crippen LogP contribution is 2.29. The van der Waals surface area contributed by atoms with Crippen molar-refractivity contribution in [2.24, 2.45) is 0 Å². The van der Waals surface area contributed by atoms with Gasteiger partial charge in [-0.15, -0.1) is 0 Å². The predicted molar refractivity (Wildman–Crippen MR) is 109 cm³/mol. The molecule has 0 bridgehead atoms.